The minimum Gasteiger partial charge on any atom is -0.358 e. The lowest BCUT2D eigenvalue weighted by molar-refractivity contribution is 1.43. The van der Waals surface area contributed by atoms with Gasteiger partial charge in [0.05, 0.1) is 17.6 Å². The molecule has 2 rings (SSSR count). The van der Waals surface area contributed by atoms with Gasteiger partial charge < -0.3 is 10.6 Å². The van der Waals surface area contributed by atoms with Crippen LogP contribution >= 0.6 is 0 Å². The average Bonchev–Trinajstić information content (AvgIpc) is 2.05. The Morgan fingerprint density at radius 3 is 2.70 bits per heavy atom. The smallest absolute Gasteiger partial charge is 0.0802 e. The van der Waals surface area contributed by atoms with E-state index in [0.29, 0.717) is 0 Å². The first-order valence-electron chi connectivity index (χ1n) is 3.15. The molecule has 0 fully saturated rings. The molecular weight excluding hydrogens is 124 g/mol. The Morgan fingerprint density at radius 2 is 1.90 bits per heavy atom. The third kappa shape index (κ3) is 0.739. The molecule has 0 aromatic heterocycles. The molecule has 1 radical (unpaired) electrons. The van der Waals surface area contributed by atoms with Crippen LogP contribution in [0.2, 0.25) is 0 Å². The van der Waals surface area contributed by atoms with E-state index in [9.17, 15) is 0 Å². The number of hydrogen-bond acceptors (Lipinski definition) is 2. The first kappa shape index (κ1) is 5.35. The lowest BCUT2D eigenvalue weighted by Crippen LogP contribution is -2.01. The molecule has 2 heteroatoms. The van der Waals surface area contributed by atoms with Crippen LogP contribution in [0.25, 0.3) is 0 Å². The number of nitrogens with one attached hydrogen (secondary N) is 2. The van der Waals surface area contributed by atoms with Gasteiger partial charge in [-0.3, -0.25) is 0 Å². The molecule has 0 saturated carbocycles. The number of fused-ring (bicyclic) bond motifs is 1. The third-order valence-corrected chi connectivity index (χ3v) is 1.43. The van der Waals surface area contributed by atoms with Crippen molar-refractivity contribution < 1.29 is 0 Å². The zero-order valence-electron chi connectivity index (χ0n) is 5.39. The van der Waals surface area contributed by atoms with Crippen LogP contribution in [0.1, 0.15) is 0 Å². The quantitative estimate of drug-likeness (QED) is 0.561. The maximum atomic E-state index is 3.06. The lowest BCUT2D eigenvalue weighted by Gasteiger charge is -2.11. The number of para-hydroxylation sites is 2. The van der Waals surface area contributed by atoms with Gasteiger partial charge in [-0.1, -0.05) is 12.1 Å². The Balaban J connectivity index is 2.47. The summed E-state index contributed by atoms with van der Waals surface area (Å²) in [5.41, 5.74) is 2.17. The Morgan fingerprint density at radius 1 is 1.10 bits per heavy atom. The fourth-order valence-electron chi connectivity index (χ4n) is 0.946. The highest BCUT2D eigenvalue weighted by molar-refractivity contribution is 5.71. The second-order valence-corrected chi connectivity index (χ2v) is 2.10. The normalized spacial score (nSPS) is 13.2. The average molecular weight is 131 g/mol. The Labute approximate surface area is 59.6 Å². The minimum atomic E-state index is 1.07. The first-order valence-corrected chi connectivity index (χ1v) is 3.15. The molecule has 10 heavy (non-hydrogen) atoms. The fraction of sp³-hybridized carbons (Fsp3) is 0. The van der Waals surface area contributed by atoms with Crippen LogP contribution in [0.3, 0.4) is 0 Å². The Bertz CT molecular complexity index is 239. The van der Waals surface area contributed by atoms with Crippen LogP contribution in [-0.2, 0) is 0 Å². The van der Waals surface area contributed by atoms with Crippen molar-refractivity contribution in [2.45, 2.75) is 0 Å². The van der Waals surface area contributed by atoms with Crippen LogP contribution in [0, 0.1) is 6.20 Å². The molecule has 1 aromatic carbocycles. The van der Waals surface area contributed by atoms with Gasteiger partial charge in [0.1, 0.15) is 0 Å². The minimum absolute atomic E-state index is 1.07. The van der Waals surface area contributed by atoms with Gasteiger partial charge >= 0.3 is 0 Å². The summed E-state index contributed by atoms with van der Waals surface area (Å²) in [6.07, 6.45) is 4.61. The fourth-order valence-corrected chi connectivity index (χ4v) is 0.946. The predicted octanol–water partition coefficient (Wildman–Crippen LogP) is 1.80. The van der Waals surface area contributed by atoms with Gasteiger partial charge in [0.15, 0.2) is 0 Å². The van der Waals surface area contributed by atoms with Gasteiger partial charge in [-0.25, -0.2) is 0 Å². The molecule has 1 heterocycles. The van der Waals surface area contributed by atoms with E-state index < -0.39 is 0 Å². The van der Waals surface area contributed by atoms with Crippen molar-refractivity contribution in [1.82, 2.24) is 0 Å². The Kier molecular flexibility index (Phi) is 1.10. The molecule has 0 aliphatic carbocycles. The second kappa shape index (κ2) is 2.06. The summed E-state index contributed by atoms with van der Waals surface area (Å²) in [5, 5.41) is 6.06. The summed E-state index contributed by atoms with van der Waals surface area (Å²) in [7, 11) is 0. The van der Waals surface area contributed by atoms with Crippen molar-refractivity contribution >= 4 is 11.4 Å². The first-order chi connectivity index (χ1) is 4.97. The van der Waals surface area contributed by atoms with Gasteiger partial charge in [0, 0.05) is 6.20 Å². The zero-order chi connectivity index (χ0) is 6.81. The molecule has 0 atom stereocenters. The van der Waals surface area contributed by atoms with Crippen LogP contribution in [-0.4, -0.2) is 0 Å². The van der Waals surface area contributed by atoms with Crippen molar-refractivity contribution in [2.75, 3.05) is 10.6 Å². The van der Waals surface area contributed by atoms with E-state index in [1.807, 2.05) is 24.3 Å². The highest BCUT2D eigenvalue weighted by Crippen LogP contribution is 2.22. The lowest BCUT2D eigenvalue weighted by atomic mass is 10.2. The van der Waals surface area contributed by atoms with Gasteiger partial charge in [-0.15, -0.1) is 0 Å². The standard InChI is InChI=1S/C8H7N2/c1-2-4-8-7(3-1)9-5-6-10-8/h1-5,9-10H. The summed E-state index contributed by atoms with van der Waals surface area (Å²) >= 11 is 0. The number of anilines is 2. The summed E-state index contributed by atoms with van der Waals surface area (Å²) < 4.78 is 0. The Hall–Kier alpha value is -1.44. The molecule has 2 nitrogen and oxygen atoms in total. The van der Waals surface area contributed by atoms with E-state index in [1.165, 1.54) is 0 Å². The molecule has 1 aliphatic heterocycles. The largest absolute Gasteiger partial charge is 0.358 e. The van der Waals surface area contributed by atoms with Gasteiger partial charge in [0.25, 0.3) is 0 Å². The molecular formula is C8H7N2. The SMILES string of the molecule is [C]1=CNc2ccccc2N1. The van der Waals surface area contributed by atoms with E-state index in [0.717, 1.165) is 11.4 Å². The topological polar surface area (TPSA) is 24.1 Å². The van der Waals surface area contributed by atoms with Crippen LogP contribution < -0.4 is 10.6 Å². The zero-order valence-corrected chi connectivity index (χ0v) is 5.39. The van der Waals surface area contributed by atoms with Crippen molar-refractivity contribution in [2.24, 2.45) is 0 Å². The number of hydrogen-bond donors (Lipinski definition) is 2. The third-order valence-electron chi connectivity index (χ3n) is 1.43. The molecule has 2 N–H and O–H groups in total. The second-order valence-electron chi connectivity index (χ2n) is 2.10. The molecule has 0 amide bonds. The molecule has 1 aromatic rings. The van der Waals surface area contributed by atoms with Crippen molar-refractivity contribution in [1.29, 1.82) is 0 Å². The predicted molar refractivity (Wildman–Crippen MR) is 41.5 cm³/mol. The van der Waals surface area contributed by atoms with Crippen molar-refractivity contribution in [3.63, 3.8) is 0 Å². The van der Waals surface area contributed by atoms with E-state index in [1.54, 1.807) is 6.20 Å². The molecule has 0 bridgehead atoms. The monoisotopic (exact) mass is 131 g/mol. The highest BCUT2D eigenvalue weighted by Gasteiger charge is 1.99. The summed E-state index contributed by atoms with van der Waals surface area (Å²) in [6, 6.07) is 8.00. The number of benzene rings is 1. The summed E-state index contributed by atoms with van der Waals surface area (Å²) in [6.45, 7) is 0. The molecule has 49 valence electrons. The van der Waals surface area contributed by atoms with Crippen LogP contribution in [0.4, 0.5) is 11.4 Å². The van der Waals surface area contributed by atoms with Crippen LogP contribution in [0.5, 0.6) is 0 Å². The summed E-state index contributed by atoms with van der Waals surface area (Å²) in [5.74, 6) is 0. The van der Waals surface area contributed by atoms with Gasteiger partial charge in [0.2, 0.25) is 0 Å². The van der Waals surface area contributed by atoms with Gasteiger partial charge in [-0.05, 0) is 12.1 Å². The maximum Gasteiger partial charge on any atom is 0.0802 e. The molecule has 0 saturated heterocycles. The van der Waals surface area contributed by atoms with Crippen molar-refractivity contribution in [3.8, 4) is 0 Å². The molecule has 1 aliphatic rings. The van der Waals surface area contributed by atoms with Gasteiger partial charge in [-0.2, -0.15) is 0 Å². The summed E-state index contributed by atoms with van der Waals surface area (Å²) in [4.78, 5) is 0. The molecule has 0 spiro atoms. The highest BCUT2D eigenvalue weighted by atomic mass is 15.0. The van der Waals surface area contributed by atoms with E-state index in [-0.39, 0.29) is 0 Å². The molecule has 0 unspecified atom stereocenters. The maximum absolute atomic E-state index is 3.06. The van der Waals surface area contributed by atoms with E-state index in [4.69, 9.17) is 0 Å². The van der Waals surface area contributed by atoms with E-state index >= 15 is 0 Å². The van der Waals surface area contributed by atoms with Crippen LogP contribution in [0.15, 0.2) is 30.5 Å². The van der Waals surface area contributed by atoms with Crippen molar-refractivity contribution in [3.05, 3.63) is 36.7 Å². The van der Waals surface area contributed by atoms with E-state index in [2.05, 4.69) is 16.8 Å². The number of rotatable bonds is 0.